The summed E-state index contributed by atoms with van der Waals surface area (Å²) in [5, 5.41) is 4.75. The van der Waals surface area contributed by atoms with Crippen LogP contribution in [0.3, 0.4) is 0 Å². The van der Waals surface area contributed by atoms with Crippen LogP contribution in [0.15, 0.2) is 0 Å². The first-order valence-corrected chi connectivity index (χ1v) is 11.5. The van der Waals surface area contributed by atoms with Gasteiger partial charge in [-0.3, -0.25) is 14.4 Å². The summed E-state index contributed by atoms with van der Waals surface area (Å²) in [6.45, 7) is 9.03. The molecule has 184 valence electrons. The summed E-state index contributed by atoms with van der Waals surface area (Å²) in [4.78, 5) is 39.8. The quantitative estimate of drug-likeness (QED) is 0.588. The average Bonchev–Trinajstić information content (AvgIpc) is 3.01. The number of halogens is 3. The Labute approximate surface area is 193 Å². The number of piperidine rings is 1. The van der Waals surface area contributed by atoms with Gasteiger partial charge >= 0.3 is 12.1 Å². The van der Waals surface area contributed by atoms with Gasteiger partial charge in [-0.2, -0.15) is 13.2 Å². The Morgan fingerprint density at radius 3 is 2.21 bits per heavy atom. The molecule has 2 saturated carbocycles. The maximum Gasteiger partial charge on any atom is 0.471 e. The first-order chi connectivity index (χ1) is 15.1. The smallest absolute Gasteiger partial charge is 0.341 e. The Balaban J connectivity index is 1.80. The summed E-state index contributed by atoms with van der Waals surface area (Å²) in [7, 11) is 0. The van der Waals surface area contributed by atoms with Gasteiger partial charge in [-0.15, -0.1) is 6.42 Å². The predicted molar refractivity (Wildman–Crippen MR) is 116 cm³/mol. The second-order valence-electron chi connectivity index (χ2n) is 11.4. The topological polar surface area (TPSA) is 78.5 Å². The van der Waals surface area contributed by atoms with E-state index in [-0.39, 0.29) is 29.7 Å². The third-order valence-corrected chi connectivity index (χ3v) is 7.72. The summed E-state index contributed by atoms with van der Waals surface area (Å²) in [5.74, 6) is -0.182. The number of hydrogen-bond acceptors (Lipinski definition) is 3. The van der Waals surface area contributed by atoms with Gasteiger partial charge in [-0.25, -0.2) is 0 Å². The highest BCUT2D eigenvalue weighted by atomic mass is 19.4. The molecule has 2 aliphatic carbocycles. The number of nitrogens with zero attached hydrogens (tertiary/aromatic N) is 1. The van der Waals surface area contributed by atoms with Crippen LogP contribution in [0.2, 0.25) is 0 Å². The van der Waals surface area contributed by atoms with Crippen LogP contribution >= 0.6 is 0 Å². The van der Waals surface area contributed by atoms with Gasteiger partial charge < -0.3 is 15.5 Å². The zero-order valence-electron chi connectivity index (χ0n) is 19.9. The van der Waals surface area contributed by atoms with Crippen molar-refractivity contribution < 1.29 is 27.6 Å². The van der Waals surface area contributed by atoms with Crippen molar-refractivity contribution in [1.29, 1.82) is 0 Å². The molecule has 5 atom stereocenters. The van der Waals surface area contributed by atoms with Crippen molar-refractivity contribution in [2.24, 2.45) is 28.6 Å². The predicted octanol–water partition coefficient (Wildman–Crippen LogP) is 2.87. The average molecular weight is 470 g/mol. The molecule has 0 radical (unpaired) electrons. The highest BCUT2D eigenvalue weighted by molar-refractivity contribution is 5.95. The number of terminal acetylenes is 1. The number of amides is 3. The van der Waals surface area contributed by atoms with E-state index < -0.39 is 41.5 Å². The molecule has 1 aliphatic heterocycles. The third kappa shape index (κ3) is 4.99. The van der Waals surface area contributed by atoms with E-state index in [9.17, 15) is 27.6 Å². The first kappa shape index (κ1) is 25.4. The number of nitrogens with one attached hydrogen (secondary N) is 2. The van der Waals surface area contributed by atoms with E-state index in [4.69, 9.17) is 6.42 Å². The second-order valence-corrected chi connectivity index (χ2v) is 11.4. The Hall–Kier alpha value is -2.24. The number of carbonyl (C=O) groups is 3. The number of fused-ring (bicyclic) bond motifs is 1. The van der Waals surface area contributed by atoms with Gasteiger partial charge in [0.15, 0.2) is 0 Å². The lowest BCUT2D eigenvalue weighted by molar-refractivity contribution is -0.176. The van der Waals surface area contributed by atoms with E-state index in [1.54, 1.807) is 20.8 Å². The molecule has 0 aromatic heterocycles. The van der Waals surface area contributed by atoms with Crippen LogP contribution < -0.4 is 10.6 Å². The Kier molecular flexibility index (Phi) is 6.55. The van der Waals surface area contributed by atoms with Crippen molar-refractivity contribution in [3.05, 3.63) is 0 Å². The van der Waals surface area contributed by atoms with Crippen LogP contribution in [0.25, 0.3) is 0 Å². The van der Waals surface area contributed by atoms with Crippen molar-refractivity contribution in [2.75, 3.05) is 6.54 Å². The molecule has 9 heteroatoms. The fourth-order valence-electron chi connectivity index (χ4n) is 5.33. The number of carbonyl (C=O) groups excluding carboxylic acids is 3. The molecule has 0 aromatic carbocycles. The first-order valence-electron chi connectivity index (χ1n) is 11.5. The maximum atomic E-state index is 13.5. The molecule has 3 rings (SSSR count). The molecule has 1 unspecified atom stereocenters. The van der Waals surface area contributed by atoms with E-state index in [0.29, 0.717) is 12.3 Å². The molecule has 6 nitrogen and oxygen atoms in total. The van der Waals surface area contributed by atoms with E-state index in [1.165, 1.54) is 4.90 Å². The molecular formula is C24H34F3N3O3. The fraction of sp³-hybridized carbons (Fsp3) is 0.792. The third-order valence-electron chi connectivity index (χ3n) is 7.72. The highest BCUT2D eigenvalue weighted by Crippen LogP contribution is 2.65. The van der Waals surface area contributed by atoms with Crippen LogP contribution in [-0.2, 0) is 14.4 Å². The van der Waals surface area contributed by atoms with Crippen molar-refractivity contribution in [3.8, 4) is 12.3 Å². The molecule has 0 aromatic rings. The molecule has 0 bridgehead atoms. The van der Waals surface area contributed by atoms with E-state index in [2.05, 4.69) is 11.2 Å². The van der Waals surface area contributed by atoms with Gasteiger partial charge in [0.1, 0.15) is 12.1 Å². The van der Waals surface area contributed by atoms with E-state index >= 15 is 0 Å². The summed E-state index contributed by atoms with van der Waals surface area (Å²) in [6, 6.07) is -2.72. The summed E-state index contributed by atoms with van der Waals surface area (Å²) < 4.78 is 38.7. The van der Waals surface area contributed by atoms with Gasteiger partial charge in [-0.05, 0) is 35.0 Å². The second kappa shape index (κ2) is 8.52. The fourth-order valence-corrected chi connectivity index (χ4v) is 5.33. The van der Waals surface area contributed by atoms with Crippen LogP contribution in [0.5, 0.6) is 0 Å². The number of hydrogen-bond donors (Lipinski definition) is 2. The van der Waals surface area contributed by atoms with Gasteiger partial charge in [0.2, 0.25) is 11.8 Å². The Morgan fingerprint density at radius 1 is 1.15 bits per heavy atom. The van der Waals surface area contributed by atoms with Gasteiger partial charge in [-0.1, -0.05) is 59.8 Å². The van der Waals surface area contributed by atoms with Crippen LogP contribution in [0.1, 0.15) is 60.3 Å². The molecule has 3 aliphatic rings. The SMILES string of the molecule is C#CC(CC1CCC1)NC(=O)[C@@H]1[C@@H]2[C@H](CN1C(=O)[C@@H](NC(=O)C(F)(F)F)C(C)(C)C)C2(C)C. The van der Waals surface area contributed by atoms with Crippen molar-refractivity contribution in [1.82, 2.24) is 15.5 Å². The largest absolute Gasteiger partial charge is 0.471 e. The minimum Gasteiger partial charge on any atom is -0.341 e. The van der Waals surface area contributed by atoms with Gasteiger partial charge in [0.25, 0.3) is 0 Å². The highest BCUT2D eigenvalue weighted by Gasteiger charge is 2.69. The lowest BCUT2D eigenvalue weighted by Crippen LogP contribution is -2.61. The molecule has 2 N–H and O–H groups in total. The standard InChI is InChI=1S/C24H34F3N3O3/c1-7-14(11-13-9-8-10-13)28-19(31)17-16-15(23(16,5)6)12-30(17)20(32)18(22(2,3)4)29-21(33)24(25,26)27/h1,13-18H,8-12H2,2-6H3,(H,28,31)(H,29,33)/t14?,15-,16-,17-,18+/m0/s1. The van der Waals surface area contributed by atoms with Crippen LogP contribution in [0, 0.1) is 40.9 Å². The summed E-state index contributed by atoms with van der Waals surface area (Å²) >= 11 is 0. The normalized spacial score (nSPS) is 28.1. The van der Waals surface area contributed by atoms with Crippen molar-refractivity contribution in [2.45, 2.75) is 84.6 Å². The molecule has 3 amide bonds. The van der Waals surface area contributed by atoms with E-state index in [1.807, 2.05) is 19.2 Å². The minimum atomic E-state index is -5.11. The number of rotatable bonds is 6. The number of alkyl halides is 3. The van der Waals surface area contributed by atoms with Crippen LogP contribution in [0.4, 0.5) is 13.2 Å². The van der Waals surface area contributed by atoms with Crippen LogP contribution in [-0.4, -0.2) is 53.5 Å². The zero-order chi connectivity index (χ0) is 24.9. The maximum absolute atomic E-state index is 13.5. The molecule has 1 saturated heterocycles. The molecular weight excluding hydrogens is 435 g/mol. The van der Waals surface area contributed by atoms with Gasteiger partial charge in [0, 0.05) is 6.54 Å². The lowest BCUT2D eigenvalue weighted by Gasteiger charge is -2.38. The zero-order valence-corrected chi connectivity index (χ0v) is 19.9. The van der Waals surface area contributed by atoms with Crippen molar-refractivity contribution >= 4 is 17.7 Å². The molecule has 0 spiro atoms. The summed E-state index contributed by atoms with van der Waals surface area (Å²) in [5.41, 5.74) is -1.16. The molecule has 33 heavy (non-hydrogen) atoms. The number of likely N-dealkylation sites (tertiary alicyclic amines) is 1. The van der Waals surface area contributed by atoms with Gasteiger partial charge in [0.05, 0.1) is 6.04 Å². The Morgan fingerprint density at radius 2 is 1.76 bits per heavy atom. The Bertz CT molecular complexity index is 852. The lowest BCUT2D eigenvalue weighted by atomic mass is 9.81. The summed E-state index contributed by atoms with van der Waals surface area (Å²) in [6.07, 6.45) is 4.50. The monoisotopic (exact) mass is 469 g/mol. The van der Waals surface area contributed by atoms with E-state index in [0.717, 1.165) is 19.3 Å². The van der Waals surface area contributed by atoms with Crippen molar-refractivity contribution in [3.63, 3.8) is 0 Å². The molecule has 1 heterocycles. The molecule has 3 fully saturated rings. The minimum absolute atomic E-state index is 0.0621.